The number of hydrogen-bond acceptors (Lipinski definition) is 4. The molecule has 0 aliphatic carbocycles. The lowest BCUT2D eigenvalue weighted by atomic mass is 9.98. The number of benzene rings is 3. The molecule has 43 heavy (non-hydrogen) atoms. The van der Waals surface area contributed by atoms with Gasteiger partial charge in [-0.25, -0.2) is 4.79 Å². The number of carbonyl (C=O) groups excluding carboxylic acids is 3. The number of aryl methyl sites for hydroxylation is 2. The smallest absolute Gasteiger partial charge is 0.408 e. The lowest BCUT2D eigenvalue weighted by Crippen LogP contribution is -2.53. The quantitative estimate of drug-likeness (QED) is 0.203. The van der Waals surface area contributed by atoms with Gasteiger partial charge in [0.25, 0.3) is 5.91 Å². The first-order chi connectivity index (χ1) is 20.5. The Morgan fingerprint density at radius 3 is 2.21 bits per heavy atom. The fourth-order valence-corrected chi connectivity index (χ4v) is 5.00. The molecule has 0 aliphatic heterocycles. The van der Waals surface area contributed by atoms with Crippen LogP contribution in [0.1, 0.15) is 81.7 Å². The molecule has 7 heteroatoms. The van der Waals surface area contributed by atoms with Crippen LogP contribution in [0, 0.1) is 13.8 Å². The van der Waals surface area contributed by atoms with Crippen molar-refractivity contribution in [2.24, 2.45) is 0 Å². The van der Waals surface area contributed by atoms with Crippen molar-refractivity contribution in [3.8, 4) is 0 Å². The molecule has 2 atom stereocenters. The van der Waals surface area contributed by atoms with E-state index < -0.39 is 23.8 Å². The number of alkyl carbamates (subject to hydrolysis) is 1. The van der Waals surface area contributed by atoms with Crippen LogP contribution >= 0.6 is 0 Å². The number of amides is 3. The Hall–Kier alpha value is -4.13. The van der Waals surface area contributed by atoms with Crippen LogP contribution < -0.4 is 10.6 Å². The Kier molecular flexibility index (Phi) is 12.4. The SMILES string of the molecule is CCCCCCN(C(=O)C(Cc1ccccc1)NC(=O)OC(C)(C)C)C(C(=O)Nc1ccccc1C)c1cccc(C)c1. The van der Waals surface area contributed by atoms with E-state index in [1.165, 1.54) is 0 Å². The Morgan fingerprint density at radius 1 is 0.860 bits per heavy atom. The number of para-hydroxylation sites is 1. The minimum absolute atomic E-state index is 0.254. The number of hydrogen-bond donors (Lipinski definition) is 2. The first-order valence-corrected chi connectivity index (χ1v) is 15.3. The summed E-state index contributed by atoms with van der Waals surface area (Å²) in [6, 6.07) is 23.0. The maximum absolute atomic E-state index is 14.6. The molecule has 0 spiro atoms. The zero-order valence-corrected chi connectivity index (χ0v) is 26.5. The molecule has 0 aliphatic rings. The summed E-state index contributed by atoms with van der Waals surface area (Å²) in [7, 11) is 0. The normalized spacial score (nSPS) is 12.6. The van der Waals surface area contributed by atoms with Gasteiger partial charge in [-0.3, -0.25) is 9.59 Å². The van der Waals surface area contributed by atoms with Gasteiger partial charge in [-0.1, -0.05) is 105 Å². The number of nitrogens with zero attached hydrogens (tertiary/aromatic N) is 1. The van der Waals surface area contributed by atoms with Gasteiger partial charge in [-0.2, -0.15) is 0 Å². The fraction of sp³-hybridized carbons (Fsp3) is 0.417. The van der Waals surface area contributed by atoms with E-state index >= 15 is 0 Å². The summed E-state index contributed by atoms with van der Waals surface area (Å²) in [6.07, 6.45) is 3.29. The first kappa shape index (κ1) is 33.4. The molecule has 2 N–H and O–H groups in total. The van der Waals surface area contributed by atoms with E-state index in [0.717, 1.165) is 42.4 Å². The van der Waals surface area contributed by atoms with Crippen molar-refractivity contribution < 1.29 is 19.1 Å². The maximum Gasteiger partial charge on any atom is 0.408 e. The van der Waals surface area contributed by atoms with Gasteiger partial charge < -0.3 is 20.3 Å². The number of ether oxygens (including phenoxy) is 1. The highest BCUT2D eigenvalue weighted by molar-refractivity contribution is 5.99. The summed E-state index contributed by atoms with van der Waals surface area (Å²) in [5, 5.41) is 5.92. The van der Waals surface area contributed by atoms with Gasteiger partial charge >= 0.3 is 6.09 Å². The standard InChI is InChI=1S/C36H47N3O4/c1-7-8-9-15-23-39(34(41)31(25-28-19-11-10-12-20-28)38-35(42)43-36(4,5)6)32(29-21-16-17-26(2)24-29)33(40)37-30-22-14-13-18-27(30)3/h10-14,16-22,24,31-32H,7-9,15,23,25H2,1-6H3,(H,37,40)(H,38,42). The van der Waals surface area contributed by atoms with E-state index in [1.54, 1.807) is 25.7 Å². The Labute approximate surface area is 257 Å². The van der Waals surface area contributed by atoms with Crippen LogP contribution in [0.25, 0.3) is 0 Å². The van der Waals surface area contributed by atoms with Crippen LogP contribution in [0.15, 0.2) is 78.9 Å². The Bertz CT molecular complexity index is 1350. The topological polar surface area (TPSA) is 87.7 Å². The van der Waals surface area contributed by atoms with Crippen LogP contribution in [0.5, 0.6) is 0 Å². The Balaban J connectivity index is 2.07. The number of carbonyl (C=O) groups is 3. The zero-order valence-electron chi connectivity index (χ0n) is 26.5. The van der Waals surface area contributed by atoms with Crippen LogP contribution in [0.3, 0.4) is 0 Å². The van der Waals surface area contributed by atoms with E-state index in [2.05, 4.69) is 17.6 Å². The van der Waals surface area contributed by atoms with Crippen molar-refractivity contribution in [3.63, 3.8) is 0 Å². The van der Waals surface area contributed by atoms with Crippen LogP contribution in [-0.2, 0) is 20.7 Å². The summed E-state index contributed by atoms with van der Waals surface area (Å²) in [6.45, 7) is 11.7. The third-order valence-electron chi connectivity index (χ3n) is 7.13. The molecule has 3 rings (SSSR count). The van der Waals surface area contributed by atoms with Gasteiger partial charge in [0.2, 0.25) is 5.91 Å². The summed E-state index contributed by atoms with van der Waals surface area (Å²) in [4.78, 5) is 43.4. The summed E-state index contributed by atoms with van der Waals surface area (Å²) in [5.41, 5.74) is 3.47. The van der Waals surface area contributed by atoms with Crippen molar-refractivity contribution >= 4 is 23.6 Å². The molecule has 0 fully saturated rings. The second-order valence-electron chi connectivity index (χ2n) is 12.1. The third kappa shape index (κ3) is 10.6. The maximum atomic E-state index is 14.6. The van der Waals surface area contributed by atoms with Gasteiger partial charge in [0.05, 0.1) is 0 Å². The van der Waals surface area contributed by atoms with E-state index in [9.17, 15) is 14.4 Å². The van der Waals surface area contributed by atoms with Crippen molar-refractivity contribution in [1.82, 2.24) is 10.2 Å². The van der Waals surface area contributed by atoms with E-state index in [0.29, 0.717) is 17.8 Å². The monoisotopic (exact) mass is 585 g/mol. The Morgan fingerprint density at radius 2 is 1.56 bits per heavy atom. The van der Waals surface area contributed by atoms with Crippen molar-refractivity contribution in [2.45, 2.75) is 91.3 Å². The molecule has 0 saturated carbocycles. The molecule has 3 aromatic carbocycles. The van der Waals surface area contributed by atoms with E-state index in [1.807, 2.05) is 92.7 Å². The lowest BCUT2D eigenvalue weighted by Gasteiger charge is -2.35. The van der Waals surface area contributed by atoms with Gasteiger partial charge in [-0.15, -0.1) is 0 Å². The summed E-state index contributed by atoms with van der Waals surface area (Å²) >= 11 is 0. The minimum Gasteiger partial charge on any atom is -0.444 e. The molecular weight excluding hydrogens is 538 g/mol. The van der Waals surface area contributed by atoms with Gasteiger partial charge in [0.15, 0.2) is 0 Å². The largest absolute Gasteiger partial charge is 0.444 e. The van der Waals surface area contributed by atoms with E-state index in [4.69, 9.17) is 4.74 Å². The van der Waals surface area contributed by atoms with Crippen LogP contribution in [-0.4, -0.2) is 41.0 Å². The minimum atomic E-state index is -0.943. The lowest BCUT2D eigenvalue weighted by molar-refractivity contribution is -0.140. The zero-order chi connectivity index (χ0) is 31.4. The number of rotatable bonds is 13. The number of anilines is 1. The van der Waals surface area contributed by atoms with Gasteiger partial charge in [0, 0.05) is 18.7 Å². The highest BCUT2D eigenvalue weighted by atomic mass is 16.6. The number of unbranched alkanes of at least 4 members (excludes halogenated alkanes) is 3. The molecular formula is C36H47N3O4. The molecule has 2 unspecified atom stereocenters. The summed E-state index contributed by atoms with van der Waals surface area (Å²) in [5.74, 6) is -0.642. The second kappa shape index (κ2) is 15.9. The molecule has 0 radical (unpaired) electrons. The highest BCUT2D eigenvalue weighted by Crippen LogP contribution is 2.27. The van der Waals surface area contributed by atoms with Crippen molar-refractivity contribution in [1.29, 1.82) is 0 Å². The van der Waals surface area contributed by atoms with Crippen molar-refractivity contribution in [2.75, 3.05) is 11.9 Å². The average molecular weight is 586 g/mol. The molecule has 3 aromatic rings. The second-order valence-corrected chi connectivity index (χ2v) is 12.1. The molecule has 7 nitrogen and oxygen atoms in total. The van der Waals surface area contributed by atoms with Gasteiger partial charge in [-0.05, 0) is 63.8 Å². The van der Waals surface area contributed by atoms with Gasteiger partial charge in [0.1, 0.15) is 17.7 Å². The predicted octanol–water partition coefficient (Wildman–Crippen LogP) is 7.53. The van der Waals surface area contributed by atoms with Crippen LogP contribution in [0.2, 0.25) is 0 Å². The third-order valence-corrected chi connectivity index (χ3v) is 7.13. The first-order valence-electron chi connectivity index (χ1n) is 15.3. The van der Waals surface area contributed by atoms with E-state index in [-0.39, 0.29) is 18.2 Å². The highest BCUT2D eigenvalue weighted by Gasteiger charge is 2.36. The number of nitrogens with one attached hydrogen (secondary N) is 2. The summed E-state index contributed by atoms with van der Waals surface area (Å²) < 4.78 is 5.55. The molecule has 0 bridgehead atoms. The molecule has 0 aromatic heterocycles. The molecule has 0 saturated heterocycles. The molecule has 3 amide bonds. The fourth-order valence-electron chi connectivity index (χ4n) is 5.00. The molecule has 0 heterocycles. The molecule has 230 valence electrons. The van der Waals surface area contributed by atoms with Crippen LogP contribution in [0.4, 0.5) is 10.5 Å². The predicted molar refractivity (Wildman–Crippen MR) is 173 cm³/mol. The average Bonchev–Trinajstić information content (AvgIpc) is 2.94. The van der Waals surface area contributed by atoms with Crippen molar-refractivity contribution in [3.05, 3.63) is 101 Å².